The van der Waals surface area contributed by atoms with Crippen molar-refractivity contribution in [1.82, 2.24) is 5.32 Å². The van der Waals surface area contributed by atoms with E-state index in [0.717, 1.165) is 12.1 Å². The highest BCUT2D eigenvalue weighted by Gasteiger charge is 2.17. The standard InChI is InChI=1S/C16H15Cl3FN/c1-2-21-15(11-4-3-5-13(18)16(11)20)9-10-6-7-12(17)14(19)8-10/h3-8,15,21H,2,9H2,1H3. The molecule has 5 heteroatoms. The van der Waals surface area contributed by atoms with Gasteiger partial charge >= 0.3 is 0 Å². The third-order valence-corrected chi connectivity index (χ3v) is 4.26. The first-order valence-corrected chi connectivity index (χ1v) is 7.77. The van der Waals surface area contributed by atoms with Gasteiger partial charge in [-0.25, -0.2) is 4.39 Å². The molecule has 21 heavy (non-hydrogen) atoms. The van der Waals surface area contributed by atoms with Crippen molar-refractivity contribution in [3.05, 3.63) is 68.4 Å². The molecule has 0 saturated heterocycles. The van der Waals surface area contributed by atoms with E-state index in [0.29, 0.717) is 22.0 Å². The summed E-state index contributed by atoms with van der Waals surface area (Å²) in [7, 11) is 0. The van der Waals surface area contributed by atoms with Gasteiger partial charge in [0.05, 0.1) is 15.1 Å². The van der Waals surface area contributed by atoms with E-state index in [1.165, 1.54) is 0 Å². The molecule has 2 rings (SSSR count). The minimum Gasteiger partial charge on any atom is -0.310 e. The number of hydrogen-bond donors (Lipinski definition) is 1. The fraction of sp³-hybridized carbons (Fsp3) is 0.250. The van der Waals surface area contributed by atoms with E-state index in [4.69, 9.17) is 34.8 Å². The van der Waals surface area contributed by atoms with Crippen molar-refractivity contribution in [3.63, 3.8) is 0 Å². The number of hydrogen-bond acceptors (Lipinski definition) is 1. The van der Waals surface area contributed by atoms with E-state index in [-0.39, 0.29) is 16.9 Å². The predicted octanol–water partition coefficient (Wildman–Crippen LogP) is 5.68. The summed E-state index contributed by atoms with van der Waals surface area (Å²) < 4.78 is 14.2. The molecule has 1 N–H and O–H groups in total. The van der Waals surface area contributed by atoms with Crippen LogP contribution in [0.3, 0.4) is 0 Å². The Morgan fingerprint density at radius 3 is 2.48 bits per heavy atom. The summed E-state index contributed by atoms with van der Waals surface area (Å²) in [4.78, 5) is 0. The first kappa shape index (κ1) is 16.6. The van der Waals surface area contributed by atoms with Crippen LogP contribution in [0, 0.1) is 5.82 Å². The predicted molar refractivity (Wildman–Crippen MR) is 88.0 cm³/mol. The minimum absolute atomic E-state index is 0.129. The summed E-state index contributed by atoms with van der Waals surface area (Å²) in [5.41, 5.74) is 1.53. The van der Waals surface area contributed by atoms with Gasteiger partial charge in [-0.15, -0.1) is 0 Å². The van der Waals surface area contributed by atoms with Gasteiger partial charge in [0.25, 0.3) is 0 Å². The molecular weight excluding hydrogens is 332 g/mol. The molecule has 0 bridgehead atoms. The highest BCUT2D eigenvalue weighted by Crippen LogP contribution is 2.28. The maximum atomic E-state index is 14.2. The van der Waals surface area contributed by atoms with Crippen LogP contribution in [0.25, 0.3) is 0 Å². The Kier molecular flexibility index (Phi) is 5.88. The fourth-order valence-electron chi connectivity index (χ4n) is 2.23. The highest BCUT2D eigenvalue weighted by atomic mass is 35.5. The summed E-state index contributed by atoms with van der Waals surface area (Å²) in [5.74, 6) is -0.384. The van der Waals surface area contributed by atoms with Crippen molar-refractivity contribution in [2.24, 2.45) is 0 Å². The van der Waals surface area contributed by atoms with Crippen molar-refractivity contribution in [2.45, 2.75) is 19.4 Å². The first-order valence-electron chi connectivity index (χ1n) is 6.64. The lowest BCUT2D eigenvalue weighted by Crippen LogP contribution is -2.24. The lowest BCUT2D eigenvalue weighted by atomic mass is 9.98. The van der Waals surface area contributed by atoms with E-state index in [1.807, 2.05) is 13.0 Å². The van der Waals surface area contributed by atoms with Gasteiger partial charge in [0.1, 0.15) is 5.82 Å². The van der Waals surface area contributed by atoms with Gasteiger partial charge < -0.3 is 5.32 Å². The molecule has 1 nitrogen and oxygen atoms in total. The molecule has 0 aliphatic carbocycles. The molecule has 112 valence electrons. The second-order valence-electron chi connectivity index (χ2n) is 4.71. The second-order valence-corrected chi connectivity index (χ2v) is 5.93. The molecule has 0 radical (unpaired) electrons. The summed E-state index contributed by atoms with van der Waals surface area (Å²) >= 11 is 17.8. The van der Waals surface area contributed by atoms with Crippen LogP contribution < -0.4 is 5.32 Å². The minimum atomic E-state index is -0.384. The van der Waals surface area contributed by atoms with Crippen molar-refractivity contribution < 1.29 is 4.39 Å². The number of benzene rings is 2. The van der Waals surface area contributed by atoms with Crippen LogP contribution in [-0.4, -0.2) is 6.54 Å². The van der Waals surface area contributed by atoms with E-state index in [1.54, 1.807) is 30.3 Å². The van der Waals surface area contributed by atoms with Gasteiger partial charge in [0.2, 0.25) is 0 Å². The molecule has 0 amide bonds. The quantitative estimate of drug-likeness (QED) is 0.734. The van der Waals surface area contributed by atoms with Crippen molar-refractivity contribution in [3.8, 4) is 0 Å². The molecule has 1 unspecified atom stereocenters. The maximum absolute atomic E-state index is 14.2. The van der Waals surface area contributed by atoms with E-state index in [2.05, 4.69) is 5.32 Å². The number of halogens is 4. The van der Waals surface area contributed by atoms with Crippen LogP contribution in [-0.2, 0) is 6.42 Å². The Balaban J connectivity index is 2.30. The smallest absolute Gasteiger partial charge is 0.146 e. The summed E-state index contributed by atoms with van der Waals surface area (Å²) in [6.45, 7) is 2.70. The van der Waals surface area contributed by atoms with Crippen molar-refractivity contribution in [1.29, 1.82) is 0 Å². The normalized spacial score (nSPS) is 12.4. The Morgan fingerprint density at radius 1 is 1.05 bits per heavy atom. The molecule has 0 heterocycles. The van der Waals surface area contributed by atoms with E-state index >= 15 is 0 Å². The number of likely N-dealkylation sites (N-methyl/N-ethyl adjacent to an activating group) is 1. The molecule has 0 spiro atoms. The monoisotopic (exact) mass is 345 g/mol. The molecular formula is C16H15Cl3FN. The number of rotatable bonds is 5. The van der Waals surface area contributed by atoms with Crippen LogP contribution in [0.5, 0.6) is 0 Å². The van der Waals surface area contributed by atoms with Crippen LogP contribution in [0.1, 0.15) is 24.1 Å². The van der Waals surface area contributed by atoms with Crippen LogP contribution >= 0.6 is 34.8 Å². The topological polar surface area (TPSA) is 12.0 Å². The Labute approximate surface area is 139 Å². The Bertz CT molecular complexity index is 631. The molecule has 2 aromatic rings. The molecule has 0 aromatic heterocycles. The molecule has 1 atom stereocenters. The second kappa shape index (κ2) is 7.46. The zero-order valence-corrected chi connectivity index (χ0v) is 13.7. The van der Waals surface area contributed by atoms with Crippen LogP contribution in [0.4, 0.5) is 4.39 Å². The average molecular weight is 347 g/mol. The highest BCUT2D eigenvalue weighted by molar-refractivity contribution is 6.42. The molecule has 0 aliphatic rings. The van der Waals surface area contributed by atoms with E-state index in [9.17, 15) is 4.39 Å². The molecule has 0 fully saturated rings. The lowest BCUT2D eigenvalue weighted by Gasteiger charge is -2.20. The van der Waals surface area contributed by atoms with Gasteiger partial charge in [0, 0.05) is 11.6 Å². The summed E-state index contributed by atoms with van der Waals surface area (Å²) in [6, 6.07) is 10.3. The maximum Gasteiger partial charge on any atom is 0.146 e. The van der Waals surface area contributed by atoms with Gasteiger partial charge in [-0.05, 0) is 36.7 Å². The van der Waals surface area contributed by atoms with Crippen LogP contribution in [0.2, 0.25) is 15.1 Å². The zero-order valence-electron chi connectivity index (χ0n) is 11.5. The Hall–Kier alpha value is -0.800. The third-order valence-electron chi connectivity index (χ3n) is 3.23. The average Bonchev–Trinajstić information content (AvgIpc) is 2.45. The van der Waals surface area contributed by atoms with Crippen LogP contribution in [0.15, 0.2) is 36.4 Å². The summed E-state index contributed by atoms with van der Waals surface area (Å²) in [6.07, 6.45) is 0.599. The molecule has 0 aliphatic heterocycles. The summed E-state index contributed by atoms with van der Waals surface area (Å²) in [5, 5.41) is 4.41. The van der Waals surface area contributed by atoms with E-state index < -0.39 is 0 Å². The van der Waals surface area contributed by atoms with Crippen molar-refractivity contribution >= 4 is 34.8 Å². The third kappa shape index (κ3) is 4.10. The number of nitrogens with one attached hydrogen (secondary N) is 1. The largest absolute Gasteiger partial charge is 0.310 e. The van der Waals surface area contributed by atoms with Gasteiger partial charge in [-0.3, -0.25) is 0 Å². The van der Waals surface area contributed by atoms with Gasteiger partial charge in [0.15, 0.2) is 0 Å². The van der Waals surface area contributed by atoms with Gasteiger partial charge in [-0.2, -0.15) is 0 Å². The lowest BCUT2D eigenvalue weighted by molar-refractivity contribution is 0.510. The molecule has 0 saturated carbocycles. The fourth-order valence-corrected chi connectivity index (χ4v) is 2.73. The Morgan fingerprint density at radius 2 is 1.81 bits per heavy atom. The SMILES string of the molecule is CCNC(Cc1ccc(Cl)c(Cl)c1)c1cccc(Cl)c1F. The zero-order chi connectivity index (χ0) is 15.4. The van der Waals surface area contributed by atoms with Gasteiger partial charge in [-0.1, -0.05) is 59.9 Å². The first-order chi connectivity index (χ1) is 10.0. The van der Waals surface area contributed by atoms with Crippen molar-refractivity contribution in [2.75, 3.05) is 6.54 Å². The molecule has 2 aromatic carbocycles.